The van der Waals surface area contributed by atoms with Crippen molar-refractivity contribution >= 4 is 22.4 Å². The molecule has 16 heavy (non-hydrogen) atoms. The lowest BCUT2D eigenvalue weighted by Crippen LogP contribution is -2.44. The highest BCUT2D eigenvalue weighted by Gasteiger charge is 2.19. The molecule has 1 aromatic carbocycles. The van der Waals surface area contributed by atoms with Crippen molar-refractivity contribution in [1.29, 1.82) is 0 Å². The number of benzene rings is 1. The second kappa shape index (κ2) is 5.25. The van der Waals surface area contributed by atoms with Crippen molar-refractivity contribution < 1.29 is 8.60 Å². The predicted molar refractivity (Wildman–Crippen MR) is 64.5 cm³/mol. The number of nitrogens with one attached hydrogen (secondary N) is 1. The molecule has 0 aliphatic carbocycles. The first-order valence-electron chi connectivity index (χ1n) is 5.15. The van der Waals surface area contributed by atoms with Crippen LogP contribution in [0.25, 0.3) is 0 Å². The predicted octanol–water partition coefficient (Wildman–Crippen LogP) is 1.95. The summed E-state index contributed by atoms with van der Waals surface area (Å²) in [5, 5.41) is 3.49. The first-order valence-corrected chi connectivity index (χ1v) is 7.01. The number of rotatable bonds is 4. The summed E-state index contributed by atoms with van der Waals surface area (Å²) in [5.74, 6) is 1.04. The van der Waals surface area contributed by atoms with Gasteiger partial charge >= 0.3 is 0 Å². The van der Waals surface area contributed by atoms with E-state index in [1.807, 2.05) is 0 Å². The Morgan fingerprint density at radius 2 is 2.25 bits per heavy atom. The molecule has 0 bridgehead atoms. The van der Waals surface area contributed by atoms with Crippen LogP contribution in [0.15, 0.2) is 18.2 Å². The molecule has 0 spiro atoms. The fourth-order valence-corrected chi connectivity index (χ4v) is 3.22. The number of hydrogen-bond donors (Lipinski definition) is 1. The Bertz CT molecular complexity index is 409. The van der Waals surface area contributed by atoms with Gasteiger partial charge < -0.3 is 5.32 Å². The highest BCUT2D eigenvalue weighted by atomic mass is 35.5. The number of halogens is 2. The molecule has 0 radical (unpaired) electrons. The molecule has 88 valence electrons. The van der Waals surface area contributed by atoms with E-state index >= 15 is 0 Å². The second-order valence-corrected chi connectivity index (χ2v) is 5.95. The average Bonchev–Trinajstić information content (AvgIpc) is 2.16. The van der Waals surface area contributed by atoms with Crippen molar-refractivity contribution in [2.24, 2.45) is 5.92 Å². The zero-order chi connectivity index (χ0) is 11.5. The quantitative estimate of drug-likeness (QED) is 0.898. The zero-order valence-electron chi connectivity index (χ0n) is 8.71. The second-order valence-electron chi connectivity index (χ2n) is 4.01. The molecule has 2 nitrogen and oxygen atoms in total. The molecule has 1 N–H and O–H groups in total. The van der Waals surface area contributed by atoms with E-state index in [1.165, 1.54) is 6.07 Å². The molecule has 1 unspecified atom stereocenters. The molecule has 1 aliphatic heterocycles. The van der Waals surface area contributed by atoms with Gasteiger partial charge in [0.2, 0.25) is 0 Å². The molecule has 1 fully saturated rings. The lowest BCUT2D eigenvalue weighted by Gasteiger charge is -2.26. The van der Waals surface area contributed by atoms with E-state index in [2.05, 4.69) is 5.32 Å². The van der Waals surface area contributed by atoms with Crippen LogP contribution in [0.5, 0.6) is 0 Å². The molecule has 0 aromatic heterocycles. The van der Waals surface area contributed by atoms with Gasteiger partial charge in [0.05, 0.1) is 5.75 Å². The topological polar surface area (TPSA) is 29.1 Å². The van der Waals surface area contributed by atoms with E-state index in [4.69, 9.17) is 11.6 Å². The van der Waals surface area contributed by atoms with Crippen LogP contribution < -0.4 is 5.32 Å². The molecular formula is C11H13ClFNOS. The molecular weight excluding hydrogens is 249 g/mol. The van der Waals surface area contributed by atoms with E-state index in [0.29, 0.717) is 22.3 Å². The Morgan fingerprint density at radius 1 is 1.50 bits per heavy atom. The van der Waals surface area contributed by atoms with Crippen LogP contribution in [-0.4, -0.2) is 23.1 Å². The van der Waals surface area contributed by atoms with Crippen molar-refractivity contribution in [3.05, 3.63) is 34.6 Å². The standard InChI is InChI=1S/C11H13ClFNOS/c12-10-2-1-9(11(13)3-10)7-16(15)6-8-4-14-5-8/h1-3,8,14H,4-7H2. The van der Waals surface area contributed by atoms with Gasteiger partial charge in [-0.15, -0.1) is 0 Å². The normalized spacial score (nSPS) is 18.1. The molecule has 1 aliphatic rings. The minimum absolute atomic E-state index is 0.277. The molecule has 1 heterocycles. The van der Waals surface area contributed by atoms with Crippen LogP contribution in [0, 0.1) is 11.7 Å². The monoisotopic (exact) mass is 261 g/mol. The highest BCUT2D eigenvalue weighted by Crippen LogP contribution is 2.17. The fourth-order valence-electron chi connectivity index (χ4n) is 1.60. The van der Waals surface area contributed by atoms with Gasteiger partial charge in [0.15, 0.2) is 0 Å². The minimum Gasteiger partial charge on any atom is -0.316 e. The first-order chi connectivity index (χ1) is 7.65. The summed E-state index contributed by atoms with van der Waals surface area (Å²) in [7, 11) is -0.990. The van der Waals surface area contributed by atoms with Crippen LogP contribution in [0.4, 0.5) is 4.39 Å². The van der Waals surface area contributed by atoms with Crippen LogP contribution in [0.3, 0.4) is 0 Å². The molecule has 5 heteroatoms. The Kier molecular flexibility index (Phi) is 3.95. The third-order valence-electron chi connectivity index (χ3n) is 2.62. The van der Waals surface area contributed by atoms with Gasteiger partial charge in [-0.3, -0.25) is 4.21 Å². The van der Waals surface area contributed by atoms with Crippen molar-refractivity contribution in [1.82, 2.24) is 5.32 Å². The maximum Gasteiger partial charge on any atom is 0.128 e. The van der Waals surface area contributed by atoms with Crippen molar-refractivity contribution in [2.45, 2.75) is 5.75 Å². The summed E-state index contributed by atoms with van der Waals surface area (Å²) in [5.41, 5.74) is 0.481. The van der Waals surface area contributed by atoms with Crippen molar-refractivity contribution in [3.63, 3.8) is 0 Å². The molecule has 0 amide bonds. The van der Waals surface area contributed by atoms with E-state index in [9.17, 15) is 8.60 Å². The summed E-state index contributed by atoms with van der Waals surface area (Å²) in [6, 6.07) is 4.50. The molecule has 1 aromatic rings. The summed E-state index contributed by atoms with van der Waals surface area (Å²) in [4.78, 5) is 0. The van der Waals surface area contributed by atoms with Crippen LogP contribution >= 0.6 is 11.6 Å². The number of hydrogen-bond acceptors (Lipinski definition) is 2. The van der Waals surface area contributed by atoms with Gasteiger partial charge in [-0.2, -0.15) is 0 Å². The molecule has 0 saturated carbocycles. The summed E-state index contributed by atoms with van der Waals surface area (Å²) in [6.07, 6.45) is 0. The maximum absolute atomic E-state index is 13.4. The largest absolute Gasteiger partial charge is 0.316 e. The minimum atomic E-state index is -0.990. The Labute approximate surface area is 102 Å². The van der Waals surface area contributed by atoms with Gasteiger partial charge in [0.25, 0.3) is 0 Å². The van der Waals surface area contributed by atoms with E-state index in [-0.39, 0.29) is 11.6 Å². The maximum atomic E-state index is 13.4. The van der Waals surface area contributed by atoms with Crippen molar-refractivity contribution in [2.75, 3.05) is 18.8 Å². The van der Waals surface area contributed by atoms with Gasteiger partial charge in [-0.1, -0.05) is 17.7 Å². The van der Waals surface area contributed by atoms with E-state index in [0.717, 1.165) is 13.1 Å². The third-order valence-corrected chi connectivity index (χ3v) is 4.33. The van der Waals surface area contributed by atoms with E-state index < -0.39 is 10.8 Å². The van der Waals surface area contributed by atoms with Crippen molar-refractivity contribution in [3.8, 4) is 0 Å². The summed E-state index contributed by atoms with van der Waals surface area (Å²) < 4.78 is 25.1. The Balaban J connectivity index is 1.94. The average molecular weight is 262 g/mol. The Morgan fingerprint density at radius 3 is 2.81 bits per heavy atom. The smallest absolute Gasteiger partial charge is 0.128 e. The SMILES string of the molecule is O=S(Cc1ccc(Cl)cc1F)CC1CNC1. The molecule has 1 saturated heterocycles. The van der Waals surface area contributed by atoms with Gasteiger partial charge in [-0.05, 0) is 18.1 Å². The third kappa shape index (κ3) is 3.03. The zero-order valence-corrected chi connectivity index (χ0v) is 10.3. The van der Waals surface area contributed by atoms with Gasteiger partial charge in [0, 0.05) is 40.2 Å². The summed E-state index contributed by atoms with van der Waals surface area (Å²) >= 11 is 5.65. The lowest BCUT2D eigenvalue weighted by atomic mass is 10.1. The Hall–Kier alpha value is -0.450. The van der Waals surface area contributed by atoms with Gasteiger partial charge in [0.1, 0.15) is 5.82 Å². The fraction of sp³-hybridized carbons (Fsp3) is 0.455. The van der Waals surface area contributed by atoms with Crippen LogP contribution in [0.2, 0.25) is 5.02 Å². The highest BCUT2D eigenvalue weighted by molar-refractivity contribution is 7.84. The summed E-state index contributed by atoms with van der Waals surface area (Å²) in [6.45, 7) is 1.85. The lowest BCUT2D eigenvalue weighted by molar-refractivity contribution is 0.382. The van der Waals surface area contributed by atoms with Crippen LogP contribution in [0.1, 0.15) is 5.56 Å². The molecule has 1 atom stereocenters. The van der Waals surface area contributed by atoms with E-state index in [1.54, 1.807) is 12.1 Å². The first kappa shape index (κ1) is 12.0. The molecule has 2 rings (SSSR count). The van der Waals surface area contributed by atoms with Crippen LogP contribution in [-0.2, 0) is 16.6 Å². The van der Waals surface area contributed by atoms with Gasteiger partial charge in [-0.25, -0.2) is 4.39 Å².